The third-order valence-corrected chi connectivity index (χ3v) is 2.49. The molecule has 17 heavy (non-hydrogen) atoms. The summed E-state index contributed by atoms with van der Waals surface area (Å²) in [6.07, 6.45) is 0.936. The van der Waals surface area contributed by atoms with E-state index in [9.17, 15) is 9.59 Å². The van der Waals surface area contributed by atoms with Gasteiger partial charge in [0.15, 0.2) is 0 Å². The first-order valence-electron chi connectivity index (χ1n) is 6.14. The number of hydrogen-bond acceptors (Lipinski definition) is 3. The maximum atomic E-state index is 11.5. The molecule has 0 saturated carbocycles. The molecule has 0 aliphatic carbocycles. The van der Waals surface area contributed by atoms with Gasteiger partial charge in [-0.1, -0.05) is 27.7 Å². The van der Waals surface area contributed by atoms with Gasteiger partial charge >= 0.3 is 0 Å². The van der Waals surface area contributed by atoms with Gasteiger partial charge in [0.25, 0.3) is 0 Å². The second-order valence-electron chi connectivity index (χ2n) is 5.02. The molecule has 0 aliphatic heterocycles. The third kappa shape index (κ3) is 7.74. The maximum Gasteiger partial charge on any atom is 0.239 e. The van der Waals surface area contributed by atoms with Crippen LogP contribution in [0.15, 0.2) is 0 Å². The van der Waals surface area contributed by atoms with E-state index in [0.717, 1.165) is 6.42 Å². The predicted octanol–water partition coefficient (Wildman–Crippen LogP) is 0.248. The molecule has 0 heterocycles. The van der Waals surface area contributed by atoms with E-state index in [-0.39, 0.29) is 24.3 Å². The summed E-state index contributed by atoms with van der Waals surface area (Å²) in [5.74, 6) is 0.173. The summed E-state index contributed by atoms with van der Waals surface area (Å²) in [5, 5.41) is 5.27. The van der Waals surface area contributed by atoms with Gasteiger partial charge in [0.05, 0.1) is 12.6 Å². The van der Waals surface area contributed by atoms with E-state index in [1.165, 1.54) is 0 Å². The first-order chi connectivity index (χ1) is 7.84. The fourth-order valence-corrected chi connectivity index (χ4v) is 1.15. The Morgan fingerprint density at radius 3 is 2.18 bits per heavy atom. The molecular weight excluding hydrogens is 218 g/mol. The minimum atomic E-state index is -0.557. The molecule has 5 heteroatoms. The lowest BCUT2D eigenvalue weighted by Crippen LogP contribution is -2.47. The van der Waals surface area contributed by atoms with Crippen LogP contribution in [-0.2, 0) is 9.59 Å². The Morgan fingerprint density at radius 1 is 1.12 bits per heavy atom. The SMILES string of the molecule is CC(C)CCNC(=O)CNC(=O)[C@@H](N)C(C)C. The summed E-state index contributed by atoms with van der Waals surface area (Å²) < 4.78 is 0. The zero-order valence-corrected chi connectivity index (χ0v) is 11.2. The first kappa shape index (κ1) is 15.9. The quantitative estimate of drug-likeness (QED) is 0.599. The van der Waals surface area contributed by atoms with Gasteiger partial charge in [-0.3, -0.25) is 9.59 Å². The van der Waals surface area contributed by atoms with Crippen molar-refractivity contribution in [1.82, 2.24) is 10.6 Å². The Morgan fingerprint density at radius 2 is 1.71 bits per heavy atom. The van der Waals surface area contributed by atoms with Crippen LogP contribution in [0, 0.1) is 11.8 Å². The predicted molar refractivity (Wildman–Crippen MR) is 68.3 cm³/mol. The third-order valence-electron chi connectivity index (χ3n) is 2.49. The molecule has 0 saturated heterocycles. The maximum absolute atomic E-state index is 11.5. The summed E-state index contributed by atoms with van der Waals surface area (Å²) in [4.78, 5) is 22.8. The molecule has 1 atom stereocenters. The topological polar surface area (TPSA) is 84.2 Å². The van der Waals surface area contributed by atoms with Gasteiger partial charge in [-0.25, -0.2) is 0 Å². The summed E-state index contributed by atoms with van der Waals surface area (Å²) in [7, 11) is 0. The zero-order chi connectivity index (χ0) is 13.4. The summed E-state index contributed by atoms with van der Waals surface area (Å²) in [5.41, 5.74) is 5.64. The number of carbonyl (C=O) groups excluding carboxylic acids is 2. The molecule has 0 radical (unpaired) electrons. The standard InChI is InChI=1S/C12H25N3O2/c1-8(2)5-6-14-10(16)7-15-12(17)11(13)9(3)4/h8-9,11H,5-7,13H2,1-4H3,(H,14,16)(H,15,17)/t11-/m0/s1. The molecule has 0 aromatic heterocycles. The highest BCUT2D eigenvalue weighted by atomic mass is 16.2. The number of nitrogens with two attached hydrogens (primary N) is 1. The molecule has 4 N–H and O–H groups in total. The van der Waals surface area contributed by atoms with Crippen molar-refractivity contribution in [2.45, 2.75) is 40.2 Å². The molecule has 0 aromatic carbocycles. The monoisotopic (exact) mass is 243 g/mol. The number of nitrogens with one attached hydrogen (secondary N) is 2. The minimum absolute atomic E-state index is 0.00263. The Bertz CT molecular complexity index is 252. The Hall–Kier alpha value is -1.10. The zero-order valence-electron chi connectivity index (χ0n) is 11.2. The van der Waals surface area contributed by atoms with Crippen LogP contribution in [0.5, 0.6) is 0 Å². The van der Waals surface area contributed by atoms with E-state index in [1.807, 2.05) is 13.8 Å². The number of carbonyl (C=O) groups is 2. The van der Waals surface area contributed by atoms with E-state index in [4.69, 9.17) is 5.73 Å². The molecule has 0 aliphatic rings. The molecule has 0 aromatic rings. The van der Waals surface area contributed by atoms with Crippen molar-refractivity contribution in [3.05, 3.63) is 0 Å². The summed E-state index contributed by atoms with van der Waals surface area (Å²) in [6, 6.07) is -0.557. The Labute approximate surface area is 104 Å². The molecule has 0 fully saturated rings. The first-order valence-corrected chi connectivity index (χ1v) is 6.14. The van der Waals surface area contributed by atoms with Gasteiger partial charge in [0, 0.05) is 6.54 Å². The van der Waals surface area contributed by atoms with Crippen LogP contribution in [-0.4, -0.2) is 30.9 Å². The molecule has 0 spiro atoms. The lowest BCUT2D eigenvalue weighted by atomic mass is 10.1. The smallest absolute Gasteiger partial charge is 0.239 e. The normalized spacial score (nSPS) is 12.6. The second kappa shape index (κ2) is 8.06. The van der Waals surface area contributed by atoms with Crippen LogP contribution in [0.25, 0.3) is 0 Å². The van der Waals surface area contributed by atoms with Crippen LogP contribution >= 0.6 is 0 Å². The van der Waals surface area contributed by atoms with Gasteiger partial charge in [-0.15, -0.1) is 0 Å². The molecule has 5 nitrogen and oxygen atoms in total. The number of rotatable bonds is 7. The Balaban J connectivity index is 3.73. The van der Waals surface area contributed by atoms with Gasteiger partial charge in [-0.05, 0) is 18.3 Å². The van der Waals surface area contributed by atoms with E-state index < -0.39 is 6.04 Å². The lowest BCUT2D eigenvalue weighted by Gasteiger charge is -2.15. The van der Waals surface area contributed by atoms with Crippen molar-refractivity contribution in [3.63, 3.8) is 0 Å². The number of amides is 2. The minimum Gasteiger partial charge on any atom is -0.355 e. The average Bonchev–Trinajstić information content (AvgIpc) is 2.24. The summed E-state index contributed by atoms with van der Waals surface area (Å²) >= 11 is 0. The van der Waals surface area contributed by atoms with Gasteiger partial charge in [0.1, 0.15) is 0 Å². The van der Waals surface area contributed by atoms with Crippen molar-refractivity contribution in [1.29, 1.82) is 0 Å². The molecular formula is C12H25N3O2. The van der Waals surface area contributed by atoms with Crippen molar-refractivity contribution in [2.24, 2.45) is 17.6 Å². The molecule has 100 valence electrons. The van der Waals surface area contributed by atoms with Crippen LogP contribution in [0.4, 0.5) is 0 Å². The van der Waals surface area contributed by atoms with Crippen molar-refractivity contribution in [2.75, 3.05) is 13.1 Å². The molecule has 2 amide bonds. The van der Waals surface area contributed by atoms with Crippen molar-refractivity contribution < 1.29 is 9.59 Å². The van der Waals surface area contributed by atoms with Crippen LogP contribution in [0.1, 0.15) is 34.1 Å². The van der Waals surface area contributed by atoms with Crippen molar-refractivity contribution in [3.8, 4) is 0 Å². The van der Waals surface area contributed by atoms with E-state index in [2.05, 4.69) is 24.5 Å². The van der Waals surface area contributed by atoms with Crippen LogP contribution in [0.3, 0.4) is 0 Å². The highest BCUT2D eigenvalue weighted by molar-refractivity contribution is 5.87. The average molecular weight is 243 g/mol. The molecule has 0 bridgehead atoms. The lowest BCUT2D eigenvalue weighted by molar-refractivity contribution is -0.127. The van der Waals surface area contributed by atoms with Gasteiger partial charge < -0.3 is 16.4 Å². The number of hydrogen-bond donors (Lipinski definition) is 3. The fourth-order valence-electron chi connectivity index (χ4n) is 1.15. The van der Waals surface area contributed by atoms with Crippen LogP contribution < -0.4 is 16.4 Å². The van der Waals surface area contributed by atoms with Crippen molar-refractivity contribution >= 4 is 11.8 Å². The largest absolute Gasteiger partial charge is 0.355 e. The molecule has 0 rings (SSSR count). The van der Waals surface area contributed by atoms with E-state index in [1.54, 1.807) is 0 Å². The summed E-state index contributed by atoms with van der Waals surface area (Å²) in [6.45, 7) is 8.56. The highest BCUT2D eigenvalue weighted by Crippen LogP contribution is 1.97. The molecule has 0 unspecified atom stereocenters. The highest BCUT2D eigenvalue weighted by Gasteiger charge is 2.17. The van der Waals surface area contributed by atoms with E-state index >= 15 is 0 Å². The second-order valence-corrected chi connectivity index (χ2v) is 5.02. The van der Waals surface area contributed by atoms with E-state index in [0.29, 0.717) is 12.5 Å². The fraction of sp³-hybridized carbons (Fsp3) is 0.833. The Kier molecular flexibility index (Phi) is 7.54. The van der Waals surface area contributed by atoms with Gasteiger partial charge in [0.2, 0.25) is 11.8 Å². The van der Waals surface area contributed by atoms with Gasteiger partial charge in [-0.2, -0.15) is 0 Å². The van der Waals surface area contributed by atoms with Crippen LogP contribution in [0.2, 0.25) is 0 Å².